The lowest BCUT2D eigenvalue weighted by Crippen LogP contribution is -2.39. The Kier molecular flexibility index (Phi) is 7.26. The number of amides is 1. The number of nitrogens with one attached hydrogen (secondary N) is 1. The first-order chi connectivity index (χ1) is 9.58. The number of carbonyl (C=O) groups is 1. The summed E-state index contributed by atoms with van der Waals surface area (Å²) in [5.74, 6) is 0.0214. The molecule has 1 aromatic rings. The molecule has 0 aromatic heterocycles. The second-order valence-corrected chi connectivity index (χ2v) is 5.13. The molecule has 2 atom stereocenters. The van der Waals surface area contributed by atoms with Crippen molar-refractivity contribution < 1.29 is 4.79 Å². The molecule has 0 spiro atoms. The lowest BCUT2D eigenvalue weighted by molar-refractivity contribution is -0.121. The topological polar surface area (TPSA) is 58.4 Å². The summed E-state index contributed by atoms with van der Waals surface area (Å²) < 4.78 is 0. The number of benzene rings is 1. The van der Waals surface area contributed by atoms with Gasteiger partial charge in [0.2, 0.25) is 5.91 Å². The molecule has 4 heteroatoms. The minimum atomic E-state index is -0.0985. The maximum absolute atomic E-state index is 11.8. The third-order valence-electron chi connectivity index (χ3n) is 3.44. The molecule has 2 unspecified atom stereocenters. The number of rotatable bonds is 8. The van der Waals surface area contributed by atoms with E-state index in [0.717, 1.165) is 13.1 Å². The molecule has 1 rings (SSSR count). The van der Waals surface area contributed by atoms with E-state index in [2.05, 4.69) is 36.2 Å². The van der Waals surface area contributed by atoms with Gasteiger partial charge in [-0.2, -0.15) is 0 Å². The Labute approximate surface area is 122 Å². The molecule has 1 amide bonds. The van der Waals surface area contributed by atoms with Crippen LogP contribution >= 0.6 is 0 Å². The monoisotopic (exact) mass is 277 g/mol. The molecule has 112 valence electrons. The van der Waals surface area contributed by atoms with Gasteiger partial charge in [-0.15, -0.1) is 0 Å². The number of nitrogens with zero attached hydrogens (tertiary/aromatic N) is 1. The molecule has 0 saturated carbocycles. The van der Waals surface area contributed by atoms with Crippen LogP contribution in [0, 0.1) is 0 Å². The molecule has 0 bridgehead atoms. The summed E-state index contributed by atoms with van der Waals surface area (Å²) in [5, 5.41) is 3.00. The van der Waals surface area contributed by atoms with Gasteiger partial charge in [0.1, 0.15) is 0 Å². The average Bonchev–Trinajstić information content (AvgIpc) is 2.43. The van der Waals surface area contributed by atoms with Crippen LogP contribution < -0.4 is 11.1 Å². The molecule has 0 heterocycles. The smallest absolute Gasteiger partial charge is 0.221 e. The minimum absolute atomic E-state index is 0.0214. The summed E-state index contributed by atoms with van der Waals surface area (Å²) >= 11 is 0. The number of carbonyl (C=O) groups excluding carboxylic acids is 1. The van der Waals surface area contributed by atoms with Crippen molar-refractivity contribution in [3.63, 3.8) is 0 Å². The standard InChI is InChI=1S/C16H27N3O/c1-4-19(5-2)15(14-9-7-6-8-10-14)12-18-16(20)11-13(3)17/h6-10,13,15H,4-5,11-12,17H2,1-3H3,(H,18,20). The van der Waals surface area contributed by atoms with Crippen molar-refractivity contribution in [2.24, 2.45) is 5.73 Å². The van der Waals surface area contributed by atoms with Crippen LogP contribution in [0.1, 0.15) is 38.8 Å². The Bertz CT molecular complexity index is 388. The molecule has 0 aliphatic heterocycles. The van der Waals surface area contributed by atoms with Gasteiger partial charge in [-0.3, -0.25) is 9.69 Å². The Morgan fingerprint density at radius 1 is 1.25 bits per heavy atom. The van der Waals surface area contributed by atoms with Crippen LogP contribution in [0.3, 0.4) is 0 Å². The van der Waals surface area contributed by atoms with E-state index in [1.165, 1.54) is 5.56 Å². The largest absolute Gasteiger partial charge is 0.354 e. The molecule has 20 heavy (non-hydrogen) atoms. The predicted molar refractivity (Wildman–Crippen MR) is 83.4 cm³/mol. The fourth-order valence-electron chi connectivity index (χ4n) is 2.37. The van der Waals surface area contributed by atoms with E-state index >= 15 is 0 Å². The van der Waals surface area contributed by atoms with Crippen molar-refractivity contribution in [3.8, 4) is 0 Å². The third kappa shape index (κ3) is 5.31. The first-order valence-corrected chi connectivity index (χ1v) is 7.39. The zero-order chi connectivity index (χ0) is 15.0. The van der Waals surface area contributed by atoms with Gasteiger partial charge in [0.25, 0.3) is 0 Å². The van der Waals surface area contributed by atoms with Gasteiger partial charge < -0.3 is 11.1 Å². The van der Waals surface area contributed by atoms with Gasteiger partial charge in [0.15, 0.2) is 0 Å². The van der Waals surface area contributed by atoms with Crippen molar-refractivity contribution in [1.29, 1.82) is 0 Å². The van der Waals surface area contributed by atoms with Gasteiger partial charge in [-0.05, 0) is 25.6 Å². The third-order valence-corrected chi connectivity index (χ3v) is 3.44. The SMILES string of the molecule is CCN(CC)C(CNC(=O)CC(C)N)c1ccccc1. The van der Waals surface area contributed by atoms with Crippen molar-refractivity contribution in [2.75, 3.05) is 19.6 Å². The van der Waals surface area contributed by atoms with Gasteiger partial charge in [0.05, 0.1) is 6.04 Å². The number of nitrogens with two attached hydrogens (primary N) is 1. The Morgan fingerprint density at radius 2 is 1.85 bits per heavy atom. The number of hydrogen-bond acceptors (Lipinski definition) is 3. The summed E-state index contributed by atoms with van der Waals surface area (Å²) in [7, 11) is 0. The molecular weight excluding hydrogens is 250 g/mol. The van der Waals surface area contributed by atoms with Crippen LogP contribution in [-0.2, 0) is 4.79 Å². The average molecular weight is 277 g/mol. The van der Waals surface area contributed by atoms with Crippen LogP contribution in [0.2, 0.25) is 0 Å². The van der Waals surface area contributed by atoms with Crippen LogP contribution in [0.25, 0.3) is 0 Å². The van der Waals surface area contributed by atoms with E-state index in [1.54, 1.807) is 0 Å². The normalized spacial score (nSPS) is 14.1. The molecule has 4 nitrogen and oxygen atoms in total. The van der Waals surface area contributed by atoms with Crippen LogP contribution in [0.5, 0.6) is 0 Å². The summed E-state index contributed by atoms with van der Waals surface area (Å²) in [6.45, 7) is 8.67. The molecule has 0 aliphatic rings. The first kappa shape index (κ1) is 16.7. The quantitative estimate of drug-likeness (QED) is 0.763. The van der Waals surface area contributed by atoms with Crippen molar-refractivity contribution in [1.82, 2.24) is 10.2 Å². The molecule has 0 aliphatic carbocycles. The van der Waals surface area contributed by atoms with Crippen molar-refractivity contribution in [3.05, 3.63) is 35.9 Å². The number of hydrogen-bond donors (Lipinski definition) is 2. The van der Waals surface area contributed by atoms with Crippen LogP contribution in [0.4, 0.5) is 0 Å². The van der Waals surface area contributed by atoms with Gasteiger partial charge in [0, 0.05) is 19.0 Å². The second-order valence-electron chi connectivity index (χ2n) is 5.13. The lowest BCUT2D eigenvalue weighted by Gasteiger charge is -2.30. The highest BCUT2D eigenvalue weighted by Crippen LogP contribution is 2.19. The van der Waals surface area contributed by atoms with E-state index in [0.29, 0.717) is 13.0 Å². The van der Waals surface area contributed by atoms with Crippen LogP contribution in [-0.4, -0.2) is 36.5 Å². The van der Waals surface area contributed by atoms with Gasteiger partial charge in [-0.25, -0.2) is 0 Å². The summed E-state index contributed by atoms with van der Waals surface area (Å²) in [5.41, 5.74) is 6.89. The molecule has 0 fully saturated rings. The van der Waals surface area contributed by atoms with E-state index in [9.17, 15) is 4.79 Å². The fourth-order valence-corrected chi connectivity index (χ4v) is 2.37. The lowest BCUT2D eigenvalue weighted by atomic mass is 10.0. The zero-order valence-corrected chi connectivity index (χ0v) is 12.8. The minimum Gasteiger partial charge on any atom is -0.354 e. The maximum Gasteiger partial charge on any atom is 0.221 e. The molecule has 0 radical (unpaired) electrons. The first-order valence-electron chi connectivity index (χ1n) is 7.39. The highest BCUT2D eigenvalue weighted by atomic mass is 16.1. The summed E-state index contributed by atoms with van der Waals surface area (Å²) in [6.07, 6.45) is 0.375. The Morgan fingerprint density at radius 3 is 2.35 bits per heavy atom. The van der Waals surface area contributed by atoms with Gasteiger partial charge in [-0.1, -0.05) is 44.2 Å². The fraction of sp³-hybridized carbons (Fsp3) is 0.562. The molecule has 3 N–H and O–H groups in total. The van der Waals surface area contributed by atoms with Gasteiger partial charge >= 0.3 is 0 Å². The van der Waals surface area contributed by atoms with E-state index < -0.39 is 0 Å². The number of likely N-dealkylation sites (N-methyl/N-ethyl adjacent to an activating group) is 1. The van der Waals surface area contributed by atoms with E-state index in [-0.39, 0.29) is 18.0 Å². The van der Waals surface area contributed by atoms with Crippen molar-refractivity contribution >= 4 is 5.91 Å². The predicted octanol–water partition coefficient (Wildman–Crippen LogP) is 1.92. The molecule has 1 aromatic carbocycles. The van der Waals surface area contributed by atoms with E-state index in [1.807, 2.05) is 25.1 Å². The molecule has 0 saturated heterocycles. The van der Waals surface area contributed by atoms with Crippen molar-refractivity contribution in [2.45, 2.75) is 39.3 Å². The Hall–Kier alpha value is -1.39. The summed E-state index contributed by atoms with van der Waals surface area (Å²) in [6, 6.07) is 10.4. The highest BCUT2D eigenvalue weighted by Gasteiger charge is 2.18. The second kappa shape index (κ2) is 8.72. The van der Waals surface area contributed by atoms with Crippen LogP contribution in [0.15, 0.2) is 30.3 Å². The Balaban J connectivity index is 2.71. The molecular formula is C16H27N3O. The summed E-state index contributed by atoms with van der Waals surface area (Å²) in [4.78, 5) is 14.1. The zero-order valence-electron chi connectivity index (χ0n) is 12.8. The maximum atomic E-state index is 11.8. The van der Waals surface area contributed by atoms with E-state index in [4.69, 9.17) is 5.73 Å². The highest BCUT2D eigenvalue weighted by molar-refractivity contribution is 5.76.